The Hall–Kier alpha value is -3.07. The van der Waals surface area contributed by atoms with Crippen LogP contribution in [0.2, 0.25) is 0 Å². The molecule has 156 valence electrons. The quantitative estimate of drug-likeness (QED) is 0.565. The zero-order valence-electron chi connectivity index (χ0n) is 17.6. The average molecular weight is 400 g/mol. The number of hydrogen-bond donors (Lipinski definition) is 1. The maximum atomic E-state index is 12.9. The second-order valence-electron chi connectivity index (χ2n) is 7.33. The summed E-state index contributed by atoms with van der Waals surface area (Å²) in [6, 6.07) is 7.68. The standard InChI is InChI=1S/C20H28N6O3/c1-23(2)11-7-10-21-19-22-17-16(18(27)25(4)20(28)24(17)3)26(19)13-14-8-6-9-15(12-14)29-5/h6,8-9,12H,7,10-11,13H2,1-5H3,(H,21,22). The lowest BCUT2D eigenvalue weighted by Crippen LogP contribution is -2.37. The number of hydrogen-bond acceptors (Lipinski definition) is 6. The first-order valence-electron chi connectivity index (χ1n) is 9.51. The molecule has 0 aliphatic rings. The second kappa shape index (κ2) is 8.52. The zero-order valence-corrected chi connectivity index (χ0v) is 17.6. The van der Waals surface area contributed by atoms with Gasteiger partial charge in [-0.15, -0.1) is 0 Å². The summed E-state index contributed by atoms with van der Waals surface area (Å²) in [4.78, 5) is 31.9. The van der Waals surface area contributed by atoms with Gasteiger partial charge in [0.05, 0.1) is 13.7 Å². The van der Waals surface area contributed by atoms with Gasteiger partial charge in [-0.25, -0.2) is 4.79 Å². The van der Waals surface area contributed by atoms with Crippen LogP contribution in [0.1, 0.15) is 12.0 Å². The third-order valence-corrected chi connectivity index (χ3v) is 4.89. The van der Waals surface area contributed by atoms with Crippen LogP contribution in [-0.2, 0) is 20.6 Å². The van der Waals surface area contributed by atoms with E-state index in [0.29, 0.717) is 30.2 Å². The maximum absolute atomic E-state index is 12.9. The molecule has 3 rings (SSSR count). The van der Waals surface area contributed by atoms with Crippen LogP contribution >= 0.6 is 0 Å². The van der Waals surface area contributed by atoms with Gasteiger partial charge in [-0.2, -0.15) is 4.98 Å². The number of methoxy groups -OCH3 is 1. The van der Waals surface area contributed by atoms with Crippen molar-refractivity contribution in [2.45, 2.75) is 13.0 Å². The van der Waals surface area contributed by atoms with Gasteiger partial charge in [-0.05, 0) is 44.8 Å². The lowest BCUT2D eigenvalue weighted by molar-refractivity contribution is 0.405. The number of rotatable bonds is 8. The highest BCUT2D eigenvalue weighted by Gasteiger charge is 2.19. The van der Waals surface area contributed by atoms with Gasteiger partial charge in [0.25, 0.3) is 5.56 Å². The van der Waals surface area contributed by atoms with Crippen molar-refractivity contribution in [1.82, 2.24) is 23.6 Å². The minimum atomic E-state index is -0.396. The number of benzene rings is 1. The van der Waals surface area contributed by atoms with E-state index in [4.69, 9.17) is 4.74 Å². The van der Waals surface area contributed by atoms with Crippen molar-refractivity contribution in [3.63, 3.8) is 0 Å². The van der Waals surface area contributed by atoms with E-state index < -0.39 is 5.69 Å². The van der Waals surface area contributed by atoms with E-state index in [-0.39, 0.29) is 5.56 Å². The fraction of sp³-hybridized carbons (Fsp3) is 0.450. The molecule has 0 aliphatic heterocycles. The monoisotopic (exact) mass is 400 g/mol. The van der Waals surface area contributed by atoms with Gasteiger partial charge in [0, 0.05) is 20.6 Å². The first-order chi connectivity index (χ1) is 13.8. The minimum absolute atomic E-state index is 0.361. The number of ether oxygens (including phenoxy) is 1. The van der Waals surface area contributed by atoms with Crippen LogP contribution in [-0.4, -0.2) is 57.9 Å². The first-order valence-corrected chi connectivity index (χ1v) is 9.51. The molecular formula is C20H28N6O3. The highest BCUT2D eigenvalue weighted by Crippen LogP contribution is 2.20. The van der Waals surface area contributed by atoms with Gasteiger partial charge in [-0.3, -0.25) is 18.5 Å². The third-order valence-electron chi connectivity index (χ3n) is 4.89. The molecule has 0 unspecified atom stereocenters. The van der Waals surface area contributed by atoms with E-state index in [1.165, 1.54) is 11.6 Å². The number of nitrogens with one attached hydrogen (secondary N) is 1. The van der Waals surface area contributed by atoms with Crippen molar-refractivity contribution in [2.24, 2.45) is 14.1 Å². The number of nitrogens with zero attached hydrogens (tertiary/aromatic N) is 5. The summed E-state index contributed by atoms with van der Waals surface area (Å²) in [7, 11) is 8.78. The van der Waals surface area contributed by atoms with Crippen molar-refractivity contribution < 1.29 is 4.74 Å². The maximum Gasteiger partial charge on any atom is 0.332 e. The van der Waals surface area contributed by atoms with E-state index in [0.717, 1.165) is 28.8 Å². The lowest BCUT2D eigenvalue weighted by atomic mass is 10.2. The van der Waals surface area contributed by atoms with E-state index in [1.807, 2.05) is 42.9 Å². The highest BCUT2D eigenvalue weighted by molar-refractivity contribution is 5.74. The number of aromatic nitrogens is 4. The summed E-state index contributed by atoms with van der Waals surface area (Å²) < 4.78 is 9.67. The van der Waals surface area contributed by atoms with Crippen LogP contribution in [0, 0.1) is 0 Å². The summed E-state index contributed by atoms with van der Waals surface area (Å²) in [5.74, 6) is 1.31. The van der Waals surface area contributed by atoms with Crippen molar-refractivity contribution in [2.75, 3.05) is 39.6 Å². The van der Waals surface area contributed by atoms with Crippen molar-refractivity contribution >= 4 is 17.1 Å². The van der Waals surface area contributed by atoms with Crippen molar-refractivity contribution in [3.05, 3.63) is 50.7 Å². The average Bonchev–Trinajstić information content (AvgIpc) is 3.06. The Balaban J connectivity index is 2.09. The smallest absolute Gasteiger partial charge is 0.332 e. The molecule has 2 aromatic heterocycles. The van der Waals surface area contributed by atoms with Crippen LogP contribution in [0.4, 0.5) is 5.95 Å². The molecule has 0 saturated carbocycles. The van der Waals surface area contributed by atoms with Crippen LogP contribution < -0.4 is 21.3 Å². The van der Waals surface area contributed by atoms with E-state index >= 15 is 0 Å². The Bertz CT molecular complexity index is 1130. The van der Waals surface area contributed by atoms with Crippen LogP contribution in [0.15, 0.2) is 33.9 Å². The molecule has 0 bridgehead atoms. The molecular weight excluding hydrogens is 372 g/mol. The van der Waals surface area contributed by atoms with Gasteiger partial charge < -0.3 is 15.0 Å². The van der Waals surface area contributed by atoms with Crippen LogP contribution in [0.3, 0.4) is 0 Å². The molecule has 0 amide bonds. The Morgan fingerprint density at radius 3 is 2.62 bits per heavy atom. The fourth-order valence-corrected chi connectivity index (χ4v) is 3.28. The molecule has 1 aromatic carbocycles. The van der Waals surface area contributed by atoms with Crippen molar-refractivity contribution in [3.8, 4) is 5.75 Å². The number of aryl methyl sites for hydroxylation is 1. The number of fused-ring (bicyclic) bond motifs is 1. The Labute approximate surface area is 169 Å². The van der Waals surface area contributed by atoms with Gasteiger partial charge in [0.1, 0.15) is 5.75 Å². The SMILES string of the molecule is COc1cccc(Cn2c(NCCCN(C)C)nc3c2c(=O)n(C)c(=O)n3C)c1. The van der Waals surface area contributed by atoms with Gasteiger partial charge >= 0.3 is 5.69 Å². The predicted octanol–water partition coefficient (Wildman–Crippen LogP) is 0.854. The second-order valence-corrected chi connectivity index (χ2v) is 7.33. The topological polar surface area (TPSA) is 86.3 Å². The molecule has 9 nitrogen and oxygen atoms in total. The third kappa shape index (κ3) is 4.19. The summed E-state index contributed by atoms with van der Waals surface area (Å²) in [6.45, 7) is 2.06. The molecule has 2 heterocycles. The molecule has 3 aromatic rings. The molecule has 0 saturated heterocycles. The summed E-state index contributed by atoms with van der Waals surface area (Å²) >= 11 is 0. The molecule has 0 spiro atoms. The molecule has 1 N–H and O–H groups in total. The molecule has 0 aliphatic carbocycles. The summed E-state index contributed by atoms with van der Waals surface area (Å²) in [5, 5.41) is 3.33. The zero-order chi connectivity index (χ0) is 21.1. The number of anilines is 1. The summed E-state index contributed by atoms with van der Waals surface area (Å²) in [5.41, 5.74) is 0.979. The van der Waals surface area contributed by atoms with E-state index in [2.05, 4.69) is 15.2 Å². The van der Waals surface area contributed by atoms with E-state index in [1.54, 1.807) is 14.2 Å². The first kappa shape index (κ1) is 20.7. The largest absolute Gasteiger partial charge is 0.497 e. The molecule has 0 fully saturated rings. The van der Waals surface area contributed by atoms with Crippen LogP contribution in [0.5, 0.6) is 5.75 Å². The molecule has 0 atom stereocenters. The normalized spacial score (nSPS) is 11.4. The fourth-order valence-electron chi connectivity index (χ4n) is 3.28. The van der Waals surface area contributed by atoms with Gasteiger partial charge in [-0.1, -0.05) is 12.1 Å². The molecule has 29 heavy (non-hydrogen) atoms. The van der Waals surface area contributed by atoms with Crippen molar-refractivity contribution in [1.29, 1.82) is 0 Å². The van der Waals surface area contributed by atoms with Gasteiger partial charge in [0.2, 0.25) is 5.95 Å². The van der Waals surface area contributed by atoms with E-state index in [9.17, 15) is 9.59 Å². The minimum Gasteiger partial charge on any atom is -0.497 e. The lowest BCUT2D eigenvalue weighted by Gasteiger charge is -2.13. The Morgan fingerprint density at radius 2 is 1.93 bits per heavy atom. The number of imidazole rings is 1. The Morgan fingerprint density at radius 1 is 1.17 bits per heavy atom. The highest BCUT2D eigenvalue weighted by atomic mass is 16.5. The molecule has 0 radical (unpaired) electrons. The predicted molar refractivity (Wildman–Crippen MR) is 114 cm³/mol. The molecule has 9 heteroatoms. The Kier molecular flexibility index (Phi) is 6.07. The van der Waals surface area contributed by atoms with Crippen LogP contribution in [0.25, 0.3) is 11.2 Å². The van der Waals surface area contributed by atoms with Gasteiger partial charge in [0.15, 0.2) is 11.2 Å². The summed E-state index contributed by atoms with van der Waals surface area (Å²) in [6.07, 6.45) is 0.923.